The SMILES string of the molecule is CCCNC(=O)CNC(=O)c1cc[nH]c(=O)c1. The summed E-state index contributed by atoms with van der Waals surface area (Å²) in [4.78, 5) is 36.1. The second kappa shape index (κ2) is 6.47. The summed E-state index contributed by atoms with van der Waals surface area (Å²) in [7, 11) is 0. The van der Waals surface area contributed by atoms with Gasteiger partial charge in [0, 0.05) is 24.4 Å². The molecule has 3 N–H and O–H groups in total. The Morgan fingerprint density at radius 3 is 2.76 bits per heavy atom. The number of hydrogen-bond acceptors (Lipinski definition) is 3. The first-order valence-corrected chi connectivity index (χ1v) is 5.37. The van der Waals surface area contributed by atoms with Crippen LogP contribution in [-0.2, 0) is 4.79 Å². The number of aromatic nitrogens is 1. The standard InChI is InChI=1S/C11H15N3O3/c1-2-4-12-10(16)7-14-11(17)8-3-5-13-9(15)6-8/h3,5-6H,2,4,7H2,1H3,(H,12,16)(H,13,15)(H,14,17). The van der Waals surface area contributed by atoms with Gasteiger partial charge >= 0.3 is 0 Å². The Hall–Kier alpha value is -2.11. The topological polar surface area (TPSA) is 91.1 Å². The van der Waals surface area contributed by atoms with E-state index in [-0.39, 0.29) is 23.6 Å². The number of amides is 2. The minimum Gasteiger partial charge on any atom is -0.355 e. The summed E-state index contributed by atoms with van der Waals surface area (Å²) in [6.07, 6.45) is 2.22. The van der Waals surface area contributed by atoms with Gasteiger partial charge in [0.2, 0.25) is 11.5 Å². The highest BCUT2D eigenvalue weighted by Crippen LogP contribution is 1.91. The summed E-state index contributed by atoms with van der Waals surface area (Å²) in [5, 5.41) is 5.06. The van der Waals surface area contributed by atoms with Gasteiger partial charge in [-0.25, -0.2) is 0 Å². The van der Waals surface area contributed by atoms with Crippen molar-refractivity contribution >= 4 is 11.8 Å². The first kappa shape index (κ1) is 13.0. The van der Waals surface area contributed by atoms with Gasteiger partial charge in [-0.3, -0.25) is 14.4 Å². The molecule has 0 saturated heterocycles. The summed E-state index contributed by atoms with van der Waals surface area (Å²) in [6.45, 7) is 2.43. The average molecular weight is 237 g/mol. The van der Waals surface area contributed by atoms with Gasteiger partial charge in [-0.1, -0.05) is 6.92 Å². The second-order valence-electron chi connectivity index (χ2n) is 3.47. The van der Waals surface area contributed by atoms with Crippen molar-refractivity contribution in [1.82, 2.24) is 15.6 Å². The van der Waals surface area contributed by atoms with Crippen molar-refractivity contribution in [3.63, 3.8) is 0 Å². The molecule has 17 heavy (non-hydrogen) atoms. The van der Waals surface area contributed by atoms with E-state index in [0.717, 1.165) is 6.42 Å². The fourth-order valence-corrected chi connectivity index (χ4v) is 1.18. The summed E-state index contributed by atoms with van der Waals surface area (Å²) in [5.41, 5.74) is -0.120. The largest absolute Gasteiger partial charge is 0.355 e. The van der Waals surface area contributed by atoms with Gasteiger partial charge in [-0.2, -0.15) is 0 Å². The highest BCUT2D eigenvalue weighted by Gasteiger charge is 2.07. The molecule has 0 radical (unpaired) electrons. The molecule has 0 fully saturated rings. The van der Waals surface area contributed by atoms with Crippen molar-refractivity contribution in [2.45, 2.75) is 13.3 Å². The third-order valence-corrected chi connectivity index (χ3v) is 2.02. The molecule has 92 valence electrons. The van der Waals surface area contributed by atoms with Crippen LogP contribution in [0.15, 0.2) is 23.1 Å². The molecule has 0 aliphatic rings. The molecule has 6 heteroatoms. The van der Waals surface area contributed by atoms with E-state index in [9.17, 15) is 14.4 Å². The molecule has 0 atom stereocenters. The number of hydrogen-bond donors (Lipinski definition) is 3. The summed E-state index contributed by atoms with van der Waals surface area (Å²) < 4.78 is 0. The number of aromatic amines is 1. The Labute approximate surface area is 98.4 Å². The monoisotopic (exact) mass is 237 g/mol. The van der Waals surface area contributed by atoms with Gasteiger partial charge in [-0.05, 0) is 12.5 Å². The second-order valence-corrected chi connectivity index (χ2v) is 3.47. The van der Waals surface area contributed by atoms with Crippen molar-refractivity contribution in [2.24, 2.45) is 0 Å². The van der Waals surface area contributed by atoms with Gasteiger partial charge in [0.25, 0.3) is 5.91 Å². The predicted molar refractivity (Wildman–Crippen MR) is 62.7 cm³/mol. The van der Waals surface area contributed by atoms with Crippen molar-refractivity contribution < 1.29 is 9.59 Å². The lowest BCUT2D eigenvalue weighted by Crippen LogP contribution is -2.37. The summed E-state index contributed by atoms with van der Waals surface area (Å²) in [6, 6.07) is 2.65. The van der Waals surface area contributed by atoms with Crippen LogP contribution in [0.3, 0.4) is 0 Å². The molecular weight excluding hydrogens is 222 g/mol. The number of carbonyl (C=O) groups excluding carboxylic acids is 2. The number of pyridine rings is 1. The zero-order valence-electron chi connectivity index (χ0n) is 9.58. The molecule has 0 spiro atoms. The normalized spacial score (nSPS) is 9.71. The summed E-state index contributed by atoms with van der Waals surface area (Å²) >= 11 is 0. The highest BCUT2D eigenvalue weighted by atomic mass is 16.2. The Balaban J connectivity index is 2.45. The first-order chi connectivity index (χ1) is 8.13. The zero-order chi connectivity index (χ0) is 12.7. The zero-order valence-corrected chi connectivity index (χ0v) is 9.58. The Bertz CT molecular complexity index is 453. The molecule has 0 unspecified atom stereocenters. The average Bonchev–Trinajstić information content (AvgIpc) is 2.33. The van der Waals surface area contributed by atoms with Crippen molar-refractivity contribution in [1.29, 1.82) is 0 Å². The smallest absolute Gasteiger partial charge is 0.251 e. The van der Waals surface area contributed by atoms with Crippen molar-refractivity contribution in [3.8, 4) is 0 Å². The molecule has 0 aliphatic carbocycles. The van der Waals surface area contributed by atoms with Gasteiger partial charge in [0.15, 0.2) is 0 Å². The van der Waals surface area contributed by atoms with E-state index in [2.05, 4.69) is 15.6 Å². The van der Waals surface area contributed by atoms with E-state index < -0.39 is 5.91 Å². The quantitative estimate of drug-likeness (QED) is 0.652. The number of carbonyl (C=O) groups is 2. The molecule has 0 saturated carbocycles. The fourth-order valence-electron chi connectivity index (χ4n) is 1.18. The third kappa shape index (κ3) is 4.50. The van der Waals surface area contributed by atoms with Crippen LogP contribution < -0.4 is 16.2 Å². The van der Waals surface area contributed by atoms with E-state index in [1.807, 2.05) is 6.92 Å². The number of H-pyrrole nitrogens is 1. The van der Waals surface area contributed by atoms with Gasteiger partial charge in [-0.15, -0.1) is 0 Å². The van der Waals surface area contributed by atoms with Gasteiger partial charge in [0.1, 0.15) is 0 Å². The van der Waals surface area contributed by atoms with Crippen LogP contribution in [0.5, 0.6) is 0 Å². The molecule has 1 rings (SSSR count). The lowest BCUT2D eigenvalue weighted by Gasteiger charge is -2.05. The minimum absolute atomic E-state index is 0.0916. The maximum absolute atomic E-state index is 11.5. The molecule has 1 aromatic rings. The first-order valence-electron chi connectivity index (χ1n) is 5.37. The highest BCUT2D eigenvalue weighted by molar-refractivity contribution is 5.96. The van der Waals surface area contributed by atoms with Crippen molar-refractivity contribution in [2.75, 3.05) is 13.1 Å². The molecule has 0 aliphatic heterocycles. The van der Waals surface area contributed by atoms with Crippen LogP contribution in [0.2, 0.25) is 0 Å². The van der Waals surface area contributed by atoms with Crippen LogP contribution in [0.1, 0.15) is 23.7 Å². The van der Waals surface area contributed by atoms with Crippen LogP contribution in [0.4, 0.5) is 0 Å². The number of nitrogens with one attached hydrogen (secondary N) is 3. The van der Waals surface area contributed by atoms with E-state index in [0.29, 0.717) is 6.54 Å². The van der Waals surface area contributed by atoms with Gasteiger partial charge in [0.05, 0.1) is 6.54 Å². The van der Waals surface area contributed by atoms with Crippen LogP contribution in [-0.4, -0.2) is 29.9 Å². The van der Waals surface area contributed by atoms with Crippen LogP contribution in [0.25, 0.3) is 0 Å². The predicted octanol–water partition coefficient (Wildman–Crippen LogP) is -0.369. The molecule has 1 aromatic heterocycles. The molecule has 2 amide bonds. The lowest BCUT2D eigenvalue weighted by molar-refractivity contribution is -0.120. The Morgan fingerprint density at radius 1 is 1.35 bits per heavy atom. The summed E-state index contributed by atoms with van der Waals surface area (Å²) in [5.74, 6) is -0.687. The lowest BCUT2D eigenvalue weighted by atomic mass is 10.2. The van der Waals surface area contributed by atoms with Crippen molar-refractivity contribution in [3.05, 3.63) is 34.2 Å². The Morgan fingerprint density at radius 2 is 2.12 bits per heavy atom. The van der Waals surface area contributed by atoms with E-state index in [1.165, 1.54) is 18.3 Å². The maximum atomic E-state index is 11.5. The molecular formula is C11H15N3O3. The van der Waals surface area contributed by atoms with E-state index >= 15 is 0 Å². The molecule has 6 nitrogen and oxygen atoms in total. The fraction of sp³-hybridized carbons (Fsp3) is 0.364. The maximum Gasteiger partial charge on any atom is 0.251 e. The van der Waals surface area contributed by atoms with E-state index in [1.54, 1.807) is 0 Å². The molecule has 0 aromatic carbocycles. The van der Waals surface area contributed by atoms with Crippen LogP contribution >= 0.6 is 0 Å². The third-order valence-electron chi connectivity index (χ3n) is 2.02. The Kier molecular flexibility index (Phi) is 4.93. The minimum atomic E-state index is -0.442. The number of rotatable bonds is 5. The molecule has 0 bridgehead atoms. The van der Waals surface area contributed by atoms with Crippen LogP contribution in [0, 0.1) is 0 Å². The molecule has 1 heterocycles. The van der Waals surface area contributed by atoms with Gasteiger partial charge < -0.3 is 15.6 Å². The van der Waals surface area contributed by atoms with E-state index in [4.69, 9.17) is 0 Å².